The minimum Gasteiger partial charge on any atom is -0.490 e. The first-order valence-corrected chi connectivity index (χ1v) is 8.03. The summed E-state index contributed by atoms with van der Waals surface area (Å²) >= 11 is 0. The molecule has 1 fully saturated rings. The van der Waals surface area contributed by atoms with Gasteiger partial charge in [-0.05, 0) is 19.0 Å². The third kappa shape index (κ3) is 4.16. The molecule has 1 aliphatic rings. The van der Waals surface area contributed by atoms with Gasteiger partial charge < -0.3 is 14.6 Å². The molecule has 1 saturated heterocycles. The number of nitrogens with one attached hydrogen (secondary N) is 1. The topological polar surface area (TPSA) is 77.2 Å². The second-order valence-corrected chi connectivity index (χ2v) is 5.73. The van der Waals surface area contributed by atoms with Gasteiger partial charge in [0.2, 0.25) is 0 Å². The summed E-state index contributed by atoms with van der Waals surface area (Å²) in [4.78, 5) is 15.6. The average molecular weight is 315 g/mol. The molecule has 2 aromatic heterocycles. The Morgan fingerprint density at radius 3 is 3.04 bits per heavy atom. The number of ether oxygens (including phenoxy) is 1. The van der Waals surface area contributed by atoms with Crippen LogP contribution in [-0.4, -0.2) is 35.1 Å². The van der Waals surface area contributed by atoms with Crippen molar-refractivity contribution in [1.82, 2.24) is 15.5 Å². The number of aromatic nitrogens is 2. The number of rotatable bonds is 8. The molecule has 1 N–H and O–H groups in total. The molecule has 6 heteroatoms. The third-order valence-corrected chi connectivity index (χ3v) is 3.99. The Bertz CT molecular complexity index is 665. The zero-order valence-electron chi connectivity index (χ0n) is 13.2. The molecule has 1 atom stereocenters. The van der Waals surface area contributed by atoms with E-state index in [0.29, 0.717) is 37.7 Å². The summed E-state index contributed by atoms with van der Waals surface area (Å²) in [5, 5.41) is 7.31. The zero-order valence-corrected chi connectivity index (χ0v) is 13.2. The van der Waals surface area contributed by atoms with E-state index in [1.54, 1.807) is 12.4 Å². The lowest BCUT2D eigenvalue weighted by Crippen LogP contribution is -2.46. The Morgan fingerprint density at radius 2 is 2.30 bits per heavy atom. The van der Waals surface area contributed by atoms with Gasteiger partial charge in [-0.1, -0.05) is 12.1 Å². The Morgan fingerprint density at radius 1 is 1.43 bits per heavy atom. The van der Waals surface area contributed by atoms with Crippen molar-refractivity contribution in [2.45, 2.75) is 38.6 Å². The molecular weight excluding hydrogens is 294 g/mol. The smallest absolute Gasteiger partial charge is 0.168 e. The average Bonchev–Trinajstić information content (AvgIpc) is 3.00. The minimum atomic E-state index is 0.233. The fourth-order valence-corrected chi connectivity index (χ4v) is 2.33. The standard InChI is InChI=1S/C17H21N3O3/c1-2-15(21)4-3-13-8-17(23-20-13)12-7-16(10-18-9-12)22-11-14-5-6-19-14/h7-10,14,19H,2-6,11H2,1H3/t14-/m0/s1. The van der Waals surface area contributed by atoms with Gasteiger partial charge in [-0.2, -0.15) is 0 Å². The van der Waals surface area contributed by atoms with Crippen LogP contribution < -0.4 is 10.1 Å². The van der Waals surface area contributed by atoms with E-state index in [0.717, 1.165) is 30.0 Å². The molecule has 2 aromatic rings. The number of carbonyl (C=O) groups excluding carboxylic acids is 1. The van der Waals surface area contributed by atoms with Crippen LogP contribution in [0, 0.1) is 0 Å². The molecule has 3 rings (SSSR count). The molecule has 0 saturated carbocycles. The van der Waals surface area contributed by atoms with Crippen molar-refractivity contribution >= 4 is 5.78 Å². The van der Waals surface area contributed by atoms with Crippen LogP contribution in [-0.2, 0) is 11.2 Å². The molecule has 0 aliphatic carbocycles. The molecule has 122 valence electrons. The second kappa shape index (κ2) is 7.37. The van der Waals surface area contributed by atoms with Gasteiger partial charge in [-0.3, -0.25) is 9.78 Å². The molecule has 1 aliphatic heterocycles. The highest BCUT2D eigenvalue weighted by molar-refractivity contribution is 5.78. The largest absolute Gasteiger partial charge is 0.490 e. The van der Waals surface area contributed by atoms with Crippen molar-refractivity contribution in [2.24, 2.45) is 0 Å². The van der Waals surface area contributed by atoms with Crippen molar-refractivity contribution in [3.05, 3.63) is 30.2 Å². The van der Waals surface area contributed by atoms with E-state index in [4.69, 9.17) is 9.26 Å². The highest BCUT2D eigenvalue weighted by Gasteiger charge is 2.17. The van der Waals surface area contributed by atoms with Crippen molar-refractivity contribution < 1.29 is 14.1 Å². The number of nitrogens with zero attached hydrogens (tertiary/aromatic N) is 2. The summed E-state index contributed by atoms with van der Waals surface area (Å²) in [5.74, 6) is 1.59. The van der Waals surface area contributed by atoms with Crippen LogP contribution in [0.1, 0.15) is 31.9 Å². The van der Waals surface area contributed by atoms with E-state index in [1.807, 2.05) is 19.1 Å². The highest BCUT2D eigenvalue weighted by atomic mass is 16.5. The molecule has 0 spiro atoms. The summed E-state index contributed by atoms with van der Waals surface area (Å²) in [7, 11) is 0. The summed E-state index contributed by atoms with van der Waals surface area (Å²) in [6.07, 6.45) is 6.22. The lowest BCUT2D eigenvalue weighted by atomic mass is 10.1. The Hall–Kier alpha value is -2.21. The van der Waals surface area contributed by atoms with Gasteiger partial charge in [0.1, 0.15) is 18.1 Å². The van der Waals surface area contributed by atoms with Crippen LogP contribution in [0.2, 0.25) is 0 Å². The van der Waals surface area contributed by atoms with Gasteiger partial charge in [-0.25, -0.2) is 0 Å². The highest BCUT2D eigenvalue weighted by Crippen LogP contribution is 2.24. The van der Waals surface area contributed by atoms with Gasteiger partial charge in [-0.15, -0.1) is 0 Å². The number of pyridine rings is 1. The van der Waals surface area contributed by atoms with E-state index in [1.165, 1.54) is 0 Å². The third-order valence-electron chi connectivity index (χ3n) is 3.99. The van der Waals surface area contributed by atoms with Crippen LogP contribution >= 0.6 is 0 Å². The van der Waals surface area contributed by atoms with E-state index >= 15 is 0 Å². The second-order valence-electron chi connectivity index (χ2n) is 5.73. The predicted molar refractivity (Wildman–Crippen MR) is 85.3 cm³/mol. The maximum absolute atomic E-state index is 11.4. The van der Waals surface area contributed by atoms with Crippen LogP contribution in [0.4, 0.5) is 0 Å². The van der Waals surface area contributed by atoms with Crippen molar-refractivity contribution in [3.63, 3.8) is 0 Å². The number of carbonyl (C=O) groups is 1. The molecule has 0 bridgehead atoms. The van der Waals surface area contributed by atoms with Gasteiger partial charge in [0, 0.05) is 43.1 Å². The molecule has 0 amide bonds. The molecule has 6 nitrogen and oxygen atoms in total. The molecule has 23 heavy (non-hydrogen) atoms. The van der Waals surface area contributed by atoms with Crippen LogP contribution in [0.3, 0.4) is 0 Å². The van der Waals surface area contributed by atoms with Crippen molar-refractivity contribution in [2.75, 3.05) is 13.2 Å². The number of hydrogen-bond acceptors (Lipinski definition) is 6. The monoisotopic (exact) mass is 315 g/mol. The van der Waals surface area contributed by atoms with E-state index in [9.17, 15) is 4.79 Å². The molecule has 0 aromatic carbocycles. The van der Waals surface area contributed by atoms with Gasteiger partial charge >= 0.3 is 0 Å². The number of ketones is 1. The lowest BCUT2D eigenvalue weighted by molar-refractivity contribution is -0.118. The van der Waals surface area contributed by atoms with Gasteiger partial charge in [0.15, 0.2) is 5.76 Å². The number of Topliss-reactive ketones (excluding diaryl/α,β-unsaturated/α-hetero) is 1. The van der Waals surface area contributed by atoms with E-state index < -0.39 is 0 Å². The molecule has 3 heterocycles. The maximum atomic E-state index is 11.4. The molecule has 0 unspecified atom stereocenters. The molecule has 0 radical (unpaired) electrons. The first-order valence-electron chi connectivity index (χ1n) is 8.03. The SMILES string of the molecule is CCC(=O)CCc1cc(-c2cncc(OC[C@@H]3CCN3)c2)on1. The summed E-state index contributed by atoms with van der Waals surface area (Å²) in [6.45, 7) is 3.58. The summed E-state index contributed by atoms with van der Waals surface area (Å²) in [5.41, 5.74) is 1.61. The maximum Gasteiger partial charge on any atom is 0.168 e. The van der Waals surface area contributed by atoms with Crippen molar-refractivity contribution in [1.29, 1.82) is 0 Å². The van der Waals surface area contributed by atoms with Crippen LogP contribution in [0.15, 0.2) is 29.0 Å². The molecular formula is C17H21N3O3. The first kappa shape index (κ1) is 15.7. The van der Waals surface area contributed by atoms with Gasteiger partial charge in [0.25, 0.3) is 0 Å². The minimum absolute atomic E-state index is 0.233. The van der Waals surface area contributed by atoms with E-state index in [-0.39, 0.29) is 5.78 Å². The fourth-order valence-electron chi connectivity index (χ4n) is 2.33. The summed E-state index contributed by atoms with van der Waals surface area (Å²) < 4.78 is 11.1. The first-order chi connectivity index (χ1) is 11.2. The fraction of sp³-hybridized carbons (Fsp3) is 0.471. The quantitative estimate of drug-likeness (QED) is 0.806. The van der Waals surface area contributed by atoms with Crippen molar-refractivity contribution in [3.8, 4) is 17.1 Å². The number of hydrogen-bond donors (Lipinski definition) is 1. The Balaban J connectivity index is 1.61. The van der Waals surface area contributed by atoms with Crippen LogP contribution in [0.5, 0.6) is 5.75 Å². The predicted octanol–water partition coefficient (Wildman–Crippen LogP) is 2.39. The number of aryl methyl sites for hydroxylation is 1. The summed E-state index contributed by atoms with van der Waals surface area (Å²) in [6, 6.07) is 4.19. The zero-order chi connectivity index (χ0) is 16.1. The van der Waals surface area contributed by atoms with E-state index in [2.05, 4.69) is 15.5 Å². The Labute approximate surface area is 135 Å². The lowest BCUT2D eigenvalue weighted by Gasteiger charge is -2.27. The van der Waals surface area contributed by atoms with Gasteiger partial charge in [0.05, 0.1) is 11.9 Å². The normalized spacial score (nSPS) is 16.8. The Kier molecular flexibility index (Phi) is 5.02. The van der Waals surface area contributed by atoms with Crippen LogP contribution in [0.25, 0.3) is 11.3 Å².